The molecule has 0 saturated carbocycles. The smallest absolute Gasteiger partial charge is 0.143 e. The average Bonchev–Trinajstić information content (AvgIpc) is 2.58. The topological polar surface area (TPSA) is 28.2 Å². The van der Waals surface area contributed by atoms with Crippen molar-refractivity contribution in [3.05, 3.63) is 21.9 Å². The van der Waals surface area contributed by atoms with Gasteiger partial charge in [0.2, 0.25) is 0 Å². The van der Waals surface area contributed by atoms with Crippen molar-refractivity contribution in [3.63, 3.8) is 0 Å². The number of fused-ring (bicyclic) bond motifs is 2. The molecule has 5 heteroatoms. The van der Waals surface area contributed by atoms with E-state index in [1.165, 1.54) is 18.5 Å². The van der Waals surface area contributed by atoms with E-state index in [1.807, 2.05) is 6.20 Å². The standard InChI is InChI=1S/C11H13BrClN3/c12-10-4-9(5-15-11(10)13)16-6-7-3-8(16)1-2-14-7/h4-5,7-8,14H,1-3,6H2/t7-,8+/m1/s1. The summed E-state index contributed by atoms with van der Waals surface area (Å²) in [5.74, 6) is 0. The zero-order valence-corrected chi connectivity index (χ0v) is 11.1. The molecular formula is C11H13BrClN3. The van der Waals surface area contributed by atoms with Crippen LogP contribution in [0, 0.1) is 0 Å². The van der Waals surface area contributed by atoms with Crippen molar-refractivity contribution >= 4 is 33.2 Å². The van der Waals surface area contributed by atoms with Crippen molar-refractivity contribution in [2.24, 2.45) is 0 Å². The van der Waals surface area contributed by atoms with Crippen LogP contribution in [0.25, 0.3) is 0 Å². The number of piperidine rings is 1. The molecule has 3 heterocycles. The molecule has 2 aliphatic heterocycles. The third-order valence-corrected chi connectivity index (χ3v) is 4.57. The lowest BCUT2D eigenvalue weighted by atomic mass is 10.1. The van der Waals surface area contributed by atoms with Crippen LogP contribution in [0.5, 0.6) is 0 Å². The molecule has 0 spiro atoms. The Labute approximate surface area is 108 Å². The second kappa shape index (κ2) is 4.17. The van der Waals surface area contributed by atoms with Crippen LogP contribution in [0.3, 0.4) is 0 Å². The highest BCUT2D eigenvalue weighted by Crippen LogP contribution is 2.32. The predicted molar refractivity (Wildman–Crippen MR) is 69.1 cm³/mol. The van der Waals surface area contributed by atoms with Gasteiger partial charge in [-0.25, -0.2) is 4.98 Å². The Morgan fingerprint density at radius 1 is 1.56 bits per heavy atom. The van der Waals surface area contributed by atoms with Crippen LogP contribution < -0.4 is 10.2 Å². The van der Waals surface area contributed by atoms with Gasteiger partial charge in [0, 0.05) is 18.6 Å². The second-order valence-electron chi connectivity index (χ2n) is 4.45. The highest BCUT2D eigenvalue weighted by Gasteiger charge is 2.35. The molecule has 3 rings (SSSR count). The molecule has 2 fully saturated rings. The van der Waals surface area contributed by atoms with Crippen molar-refractivity contribution in [2.75, 3.05) is 18.0 Å². The number of rotatable bonds is 1. The van der Waals surface area contributed by atoms with E-state index in [0.717, 1.165) is 17.6 Å². The molecule has 3 nitrogen and oxygen atoms in total. The molecule has 86 valence electrons. The quantitative estimate of drug-likeness (QED) is 0.808. The maximum absolute atomic E-state index is 5.91. The van der Waals surface area contributed by atoms with Crippen LogP contribution in [0.4, 0.5) is 5.69 Å². The first kappa shape index (κ1) is 10.8. The predicted octanol–water partition coefficient (Wildman–Crippen LogP) is 2.44. The summed E-state index contributed by atoms with van der Waals surface area (Å²) in [6.45, 7) is 2.22. The molecule has 0 amide bonds. The lowest BCUT2D eigenvalue weighted by molar-refractivity contribution is 0.449. The first-order chi connectivity index (χ1) is 7.74. The van der Waals surface area contributed by atoms with E-state index in [-0.39, 0.29) is 0 Å². The fourth-order valence-corrected chi connectivity index (χ4v) is 3.12. The van der Waals surface area contributed by atoms with Gasteiger partial charge in [0.1, 0.15) is 5.15 Å². The maximum atomic E-state index is 5.91. The number of halogens is 2. The van der Waals surface area contributed by atoms with Gasteiger partial charge in [-0.05, 0) is 41.4 Å². The van der Waals surface area contributed by atoms with Crippen molar-refractivity contribution in [3.8, 4) is 0 Å². The molecule has 1 aromatic heterocycles. The van der Waals surface area contributed by atoms with Gasteiger partial charge >= 0.3 is 0 Å². The normalized spacial score (nSPS) is 28.5. The molecule has 16 heavy (non-hydrogen) atoms. The molecule has 2 aliphatic rings. The lowest BCUT2D eigenvalue weighted by Crippen LogP contribution is -2.35. The van der Waals surface area contributed by atoms with E-state index in [0.29, 0.717) is 17.2 Å². The van der Waals surface area contributed by atoms with Gasteiger partial charge in [-0.1, -0.05) is 11.6 Å². The van der Waals surface area contributed by atoms with E-state index < -0.39 is 0 Å². The van der Waals surface area contributed by atoms with Crippen LogP contribution in [0.1, 0.15) is 12.8 Å². The van der Waals surface area contributed by atoms with Gasteiger partial charge in [-0.15, -0.1) is 0 Å². The van der Waals surface area contributed by atoms with Gasteiger partial charge < -0.3 is 10.2 Å². The highest BCUT2D eigenvalue weighted by molar-refractivity contribution is 9.10. The first-order valence-electron chi connectivity index (χ1n) is 5.55. The van der Waals surface area contributed by atoms with Crippen LogP contribution in [0.15, 0.2) is 16.7 Å². The lowest BCUT2D eigenvalue weighted by Gasteiger charge is -2.26. The third kappa shape index (κ3) is 1.83. The maximum Gasteiger partial charge on any atom is 0.143 e. The van der Waals surface area contributed by atoms with Gasteiger partial charge in [0.15, 0.2) is 0 Å². The van der Waals surface area contributed by atoms with Crippen molar-refractivity contribution < 1.29 is 0 Å². The number of anilines is 1. The summed E-state index contributed by atoms with van der Waals surface area (Å²) in [5.41, 5.74) is 1.17. The molecule has 2 bridgehead atoms. The van der Waals surface area contributed by atoms with Gasteiger partial charge in [0.25, 0.3) is 0 Å². The number of hydrogen-bond donors (Lipinski definition) is 1. The summed E-state index contributed by atoms with van der Waals surface area (Å²) < 4.78 is 0.876. The molecule has 2 saturated heterocycles. The van der Waals surface area contributed by atoms with E-state index in [4.69, 9.17) is 11.6 Å². The molecule has 0 aliphatic carbocycles. The summed E-state index contributed by atoms with van der Waals surface area (Å²) in [7, 11) is 0. The van der Waals surface area contributed by atoms with Crippen LogP contribution >= 0.6 is 27.5 Å². The number of nitrogens with zero attached hydrogens (tertiary/aromatic N) is 2. The Morgan fingerprint density at radius 3 is 3.19 bits per heavy atom. The van der Waals surface area contributed by atoms with Crippen molar-refractivity contribution in [1.82, 2.24) is 10.3 Å². The van der Waals surface area contributed by atoms with Crippen LogP contribution in [-0.4, -0.2) is 30.2 Å². The van der Waals surface area contributed by atoms with E-state index in [2.05, 4.69) is 37.2 Å². The number of pyridine rings is 1. The Morgan fingerprint density at radius 2 is 2.44 bits per heavy atom. The summed E-state index contributed by atoms with van der Waals surface area (Å²) in [6, 6.07) is 3.38. The summed E-state index contributed by atoms with van der Waals surface area (Å²) in [6.07, 6.45) is 4.34. The SMILES string of the molecule is Clc1ncc(N2C[C@H]3C[C@@H]2CCN3)cc1Br. The molecule has 0 radical (unpaired) electrons. The molecular weight excluding hydrogens is 289 g/mol. The minimum Gasteiger partial charge on any atom is -0.366 e. The molecule has 2 atom stereocenters. The Balaban J connectivity index is 1.89. The van der Waals surface area contributed by atoms with Gasteiger partial charge in [-0.3, -0.25) is 0 Å². The minimum absolute atomic E-state index is 0.532. The molecule has 0 unspecified atom stereocenters. The van der Waals surface area contributed by atoms with E-state index in [1.54, 1.807) is 0 Å². The number of aromatic nitrogens is 1. The van der Waals surface area contributed by atoms with Crippen molar-refractivity contribution in [1.29, 1.82) is 0 Å². The fraction of sp³-hybridized carbons (Fsp3) is 0.545. The van der Waals surface area contributed by atoms with Crippen molar-refractivity contribution in [2.45, 2.75) is 24.9 Å². The largest absolute Gasteiger partial charge is 0.366 e. The van der Waals surface area contributed by atoms with E-state index >= 15 is 0 Å². The summed E-state index contributed by atoms with van der Waals surface area (Å²) >= 11 is 9.34. The first-order valence-corrected chi connectivity index (χ1v) is 6.72. The molecule has 1 N–H and O–H groups in total. The highest BCUT2D eigenvalue weighted by atomic mass is 79.9. The van der Waals surface area contributed by atoms with Gasteiger partial charge in [0.05, 0.1) is 16.4 Å². The zero-order chi connectivity index (χ0) is 11.1. The number of nitrogens with one attached hydrogen (secondary N) is 1. The van der Waals surface area contributed by atoms with Gasteiger partial charge in [-0.2, -0.15) is 0 Å². The summed E-state index contributed by atoms with van der Waals surface area (Å²) in [4.78, 5) is 6.64. The fourth-order valence-electron chi connectivity index (χ4n) is 2.68. The average molecular weight is 303 g/mol. The molecule has 0 aromatic carbocycles. The second-order valence-corrected chi connectivity index (χ2v) is 5.66. The Bertz CT molecular complexity index is 412. The Hall–Kier alpha value is -0.320. The molecule has 1 aromatic rings. The minimum atomic E-state index is 0.532. The van der Waals surface area contributed by atoms with Crippen LogP contribution in [-0.2, 0) is 0 Å². The Kier molecular flexibility index (Phi) is 2.81. The van der Waals surface area contributed by atoms with E-state index in [9.17, 15) is 0 Å². The number of hydrogen-bond acceptors (Lipinski definition) is 3. The third-order valence-electron chi connectivity index (χ3n) is 3.44. The van der Waals surface area contributed by atoms with Crippen LogP contribution in [0.2, 0.25) is 5.15 Å². The zero-order valence-electron chi connectivity index (χ0n) is 8.79. The monoisotopic (exact) mass is 301 g/mol. The summed E-state index contributed by atoms with van der Waals surface area (Å²) in [5, 5.41) is 4.07.